The molecule has 19 heavy (non-hydrogen) atoms. The van der Waals surface area contributed by atoms with Gasteiger partial charge in [0.1, 0.15) is 0 Å². The molecule has 0 bridgehead atoms. The van der Waals surface area contributed by atoms with E-state index in [1.165, 1.54) is 12.8 Å². The summed E-state index contributed by atoms with van der Waals surface area (Å²) in [4.78, 5) is 0. The van der Waals surface area contributed by atoms with Crippen molar-refractivity contribution in [2.24, 2.45) is 11.8 Å². The fraction of sp³-hybridized carbons (Fsp3) is 1.00. The summed E-state index contributed by atoms with van der Waals surface area (Å²) in [5, 5.41) is 14.2. The normalized spacial score (nSPS) is 40.6. The Kier molecular flexibility index (Phi) is 5.27. The van der Waals surface area contributed by atoms with Crippen LogP contribution in [0.15, 0.2) is 0 Å². The lowest BCUT2D eigenvalue weighted by Gasteiger charge is -2.38. The molecule has 0 aromatic rings. The minimum absolute atomic E-state index is 0.382. The molecule has 0 amide bonds. The third-order valence-electron chi connectivity index (χ3n) is 4.98. The SMILES string of the molecule is CC1CCC(O)(CNC2CCOC(C(C)C)C2)CC1. The van der Waals surface area contributed by atoms with Crippen LogP contribution >= 0.6 is 0 Å². The Balaban J connectivity index is 1.75. The third kappa shape index (κ3) is 4.44. The zero-order chi connectivity index (χ0) is 13.9. The zero-order valence-electron chi connectivity index (χ0n) is 12.8. The van der Waals surface area contributed by atoms with E-state index in [0.29, 0.717) is 18.1 Å². The van der Waals surface area contributed by atoms with Gasteiger partial charge in [-0.1, -0.05) is 20.8 Å². The molecule has 1 saturated carbocycles. The van der Waals surface area contributed by atoms with Crippen LogP contribution in [0.4, 0.5) is 0 Å². The van der Waals surface area contributed by atoms with Gasteiger partial charge in [0, 0.05) is 19.2 Å². The maximum atomic E-state index is 10.6. The van der Waals surface area contributed by atoms with Gasteiger partial charge < -0.3 is 15.2 Å². The number of hydrogen-bond donors (Lipinski definition) is 2. The quantitative estimate of drug-likeness (QED) is 0.824. The van der Waals surface area contributed by atoms with E-state index in [0.717, 1.165) is 44.8 Å². The van der Waals surface area contributed by atoms with E-state index in [1.54, 1.807) is 0 Å². The molecule has 3 heteroatoms. The number of ether oxygens (including phenoxy) is 1. The van der Waals surface area contributed by atoms with E-state index in [2.05, 4.69) is 26.1 Å². The first kappa shape index (κ1) is 15.3. The molecule has 1 saturated heterocycles. The molecule has 1 aliphatic carbocycles. The van der Waals surface area contributed by atoms with Crippen molar-refractivity contribution in [3.63, 3.8) is 0 Å². The van der Waals surface area contributed by atoms with Crippen LogP contribution in [0.1, 0.15) is 59.3 Å². The standard InChI is InChI=1S/C16H31NO2/c1-12(2)15-10-14(6-9-19-15)17-11-16(18)7-4-13(3)5-8-16/h12-15,17-18H,4-11H2,1-3H3. The molecular formula is C16H31NO2. The van der Waals surface area contributed by atoms with Crippen LogP contribution in [0.3, 0.4) is 0 Å². The van der Waals surface area contributed by atoms with Crippen molar-refractivity contribution in [1.82, 2.24) is 5.32 Å². The molecule has 1 aliphatic heterocycles. The fourth-order valence-corrected chi connectivity index (χ4v) is 3.29. The van der Waals surface area contributed by atoms with Crippen molar-refractivity contribution >= 4 is 0 Å². The highest BCUT2D eigenvalue weighted by Crippen LogP contribution is 2.31. The molecule has 112 valence electrons. The van der Waals surface area contributed by atoms with E-state index in [1.807, 2.05) is 0 Å². The van der Waals surface area contributed by atoms with Gasteiger partial charge in [0.2, 0.25) is 0 Å². The minimum Gasteiger partial charge on any atom is -0.389 e. The van der Waals surface area contributed by atoms with Gasteiger partial charge in [0.05, 0.1) is 11.7 Å². The fourth-order valence-electron chi connectivity index (χ4n) is 3.29. The van der Waals surface area contributed by atoms with Crippen molar-refractivity contribution in [3.05, 3.63) is 0 Å². The molecule has 2 rings (SSSR count). The Morgan fingerprint density at radius 1 is 1.26 bits per heavy atom. The Labute approximate surface area is 118 Å². The molecule has 2 aliphatic rings. The summed E-state index contributed by atoms with van der Waals surface area (Å²) in [7, 11) is 0. The second kappa shape index (κ2) is 6.55. The number of aliphatic hydroxyl groups is 1. The van der Waals surface area contributed by atoms with Gasteiger partial charge in [-0.15, -0.1) is 0 Å². The van der Waals surface area contributed by atoms with Crippen molar-refractivity contribution < 1.29 is 9.84 Å². The lowest BCUT2D eigenvalue weighted by molar-refractivity contribution is -0.0377. The van der Waals surface area contributed by atoms with Gasteiger partial charge in [-0.25, -0.2) is 0 Å². The summed E-state index contributed by atoms with van der Waals surface area (Å²) < 4.78 is 5.80. The van der Waals surface area contributed by atoms with Gasteiger partial charge in [-0.05, 0) is 50.4 Å². The molecule has 2 fully saturated rings. The third-order valence-corrected chi connectivity index (χ3v) is 4.98. The molecular weight excluding hydrogens is 238 g/mol. The van der Waals surface area contributed by atoms with Gasteiger partial charge in [0.25, 0.3) is 0 Å². The predicted molar refractivity (Wildman–Crippen MR) is 78.2 cm³/mol. The second-order valence-corrected chi connectivity index (χ2v) is 7.16. The van der Waals surface area contributed by atoms with Crippen LogP contribution in [-0.4, -0.2) is 36.0 Å². The van der Waals surface area contributed by atoms with Crippen LogP contribution in [-0.2, 0) is 4.74 Å². The number of hydrogen-bond acceptors (Lipinski definition) is 3. The van der Waals surface area contributed by atoms with Crippen molar-refractivity contribution in [2.45, 2.75) is 77.0 Å². The van der Waals surface area contributed by atoms with Crippen LogP contribution in [0.25, 0.3) is 0 Å². The molecule has 0 aromatic carbocycles. The van der Waals surface area contributed by atoms with Crippen LogP contribution < -0.4 is 5.32 Å². The lowest BCUT2D eigenvalue weighted by Crippen LogP contribution is -2.49. The molecule has 2 N–H and O–H groups in total. The lowest BCUT2D eigenvalue weighted by atomic mass is 9.79. The summed E-state index contributed by atoms with van der Waals surface area (Å²) in [5.41, 5.74) is -0.460. The smallest absolute Gasteiger partial charge is 0.0771 e. The summed E-state index contributed by atoms with van der Waals surface area (Å²) in [6.07, 6.45) is 6.80. The van der Waals surface area contributed by atoms with Crippen LogP contribution in [0.2, 0.25) is 0 Å². The Hall–Kier alpha value is -0.120. The minimum atomic E-state index is -0.460. The van der Waals surface area contributed by atoms with E-state index >= 15 is 0 Å². The maximum Gasteiger partial charge on any atom is 0.0771 e. The monoisotopic (exact) mass is 269 g/mol. The highest BCUT2D eigenvalue weighted by atomic mass is 16.5. The average molecular weight is 269 g/mol. The largest absolute Gasteiger partial charge is 0.389 e. The highest BCUT2D eigenvalue weighted by Gasteiger charge is 2.33. The van der Waals surface area contributed by atoms with Gasteiger partial charge in [-0.2, -0.15) is 0 Å². The van der Waals surface area contributed by atoms with Crippen molar-refractivity contribution in [1.29, 1.82) is 0 Å². The van der Waals surface area contributed by atoms with Crippen molar-refractivity contribution in [2.75, 3.05) is 13.2 Å². The molecule has 0 aromatic heterocycles. The first-order valence-corrected chi connectivity index (χ1v) is 8.06. The predicted octanol–water partition coefficient (Wildman–Crippen LogP) is 2.72. The molecule has 2 unspecified atom stereocenters. The van der Waals surface area contributed by atoms with E-state index < -0.39 is 5.60 Å². The summed E-state index contributed by atoms with van der Waals surface area (Å²) in [6, 6.07) is 0.518. The van der Waals surface area contributed by atoms with Gasteiger partial charge >= 0.3 is 0 Å². The molecule has 2 atom stereocenters. The van der Waals surface area contributed by atoms with Gasteiger partial charge in [0.15, 0.2) is 0 Å². The first-order chi connectivity index (χ1) is 8.98. The van der Waals surface area contributed by atoms with Crippen LogP contribution in [0, 0.1) is 11.8 Å². The first-order valence-electron chi connectivity index (χ1n) is 8.06. The Bertz CT molecular complexity index is 272. The molecule has 1 heterocycles. The highest BCUT2D eigenvalue weighted by molar-refractivity contribution is 4.88. The van der Waals surface area contributed by atoms with E-state index in [-0.39, 0.29) is 0 Å². The van der Waals surface area contributed by atoms with Crippen molar-refractivity contribution in [3.8, 4) is 0 Å². The average Bonchev–Trinajstić information content (AvgIpc) is 2.41. The molecule has 3 nitrogen and oxygen atoms in total. The zero-order valence-corrected chi connectivity index (χ0v) is 12.8. The number of rotatable bonds is 4. The maximum absolute atomic E-state index is 10.6. The summed E-state index contributed by atoms with van der Waals surface area (Å²) >= 11 is 0. The topological polar surface area (TPSA) is 41.5 Å². The van der Waals surface area contributed by atoms with E-state index in [9.17, 15) is 5.11 Å². The number of nitrogens with one attached hydrogen (secondary N) is 1. The molecule has 0 radical (unpaired) electrons. The van der Waals surface area contributed by atoms with Gasteiger partial charge in [-0.3, -0.25) is 0 Å². The second-order valence-electron chi connectivity index (χ2n) is 7.16. The Morgan fingerprint density at radius 3 is 2.58 bits per heavy atom. The van der Waals surface area contributed by atoms with E-state index in [4.69, 9.17) is 4.74 Å². The Morgan fingerprint density at radius 2 is 1.95 bits per heavy atom. The summed E-state index contributed by atoms with van der Waals surface area (Å²) in [5.74, 6) is 1.37. The van der Waals surface area contributed by atoms with Crippen LogP contribution in [0.5, 0.6) is 0 Å². The molecule has 0 spiro atoms. The summed E-state index contributed by atoms with van der Waals surface area (Å²) in [6.45, 7) is 8.36.